The van der Waals surface area contributed by atoms with E-state index in [0.29, 0.717) is 13.0 Å². The average molecular weight is 780 g/mol. The van der Waals surface area contributed by atoms with Gasteiger partial charge in [-0.1, -0.05) is 156 Å². The Kier molecular flexibility index (Phi) is 35.9. The molecular weight excluding hydrogens is 691 g/mol. The zero-order chi connectivity index (χ0) is 40.9. The number of esters is 2. The largest absolute Gasteiger partial charge is 0.465 e. The van der Waals surface area contributed by atoms with Gasteiger partial charge in [0.25, 0.3) is 0 Å². The minimum atomic E-state index is -0.620. The lowest BCUT2D eigenvalue weighted by atomic mass is 9.94. The molecule has 0 saturated carbocycles. The molecule has 0 heterocycles. The highest BCUT2D eigenvalue weighted by Crippen LogP contribution is 2.24. The number of carbonyl (C=O) groups excluding carboxylic acids is 4. The quantitative estimate of drug-likeness (QED) is 0.0491. The van der Waals surface area contributed by atoms with Crippen molar-refractivity contribution in [2.45, 2.75) is 208 Å². The Morgan fingerprint density at radius 2 is 0.818 bits per heavy atom. The Hall–Kier alpha value is -2.16. The van der Waals surface area contributed by atoms with Gasteiger partial charge in [0.1, 0.15) is 0 Å². The van der Waals surface area contributed by atoms with Gasteiger partial charge >= 0.3 is 18.0 Å². The second-order valence-electron chi connectivity index (χ2n) is 16.3. The first kappa shape index (κ1) is 52.8. The predicted molar refractivity (Wildman–Crippen MR) is 229 cm³/mol. The zero-order valence-corrected chi connectivity index (χ0v) is 37.2. The lowest BCUT2D eigenvalue weighted by Crippen LogP contribution is -2.47. The third-order valence-electron chi connectivity index (χ3n) is 10.9. The number of urea groups is 1. The Balaban J connectivity index is 5.77. The number of carbonyl (C=O) groups is 4. The molecule has 0 aliphatic rings. The van der Waals surface area contributed by atoms with E-state index < -0.39 is 11.9 Å². The van der Waals surface area contributed by atoms with Crippen LogP contribution >= 0.6 is 0 Å². The summed E-state index contributed by atoms with van der Waals surface area (Å²) in [5, 5.41) is 2.81. The van der Waals surface area contributed by atoms with Crippen LogP contribution in [0.1, 0.15) is 208 Å². The molecule has 9 nitrogen and oxygen atoms in total. The van der Waals surface area contributed by atoms with Crippen LogP contribution in [-0.2, 0) is 23.9 Å². The van der Waals surface area contributed by atoms with E-state index in [9.17, 15) is 19.2 Å². The summed E-state index contributed by atoms with van der Waals surface area (Å²) < 4.78 is 11.8. The second-order valence-corrected chi connectivity index (χ2v) is 16.3. The first-order valence-corrected chi connectivity index (χ1v) is 23.2. The molecule has 0 aliphatic heterocycles. The molecule has 0 aliphatic carbocycles. The summed E-state index contributed by atoms with van der Waals surface area (Å²) in [6.07, 6.45) is 27.6. The van der Waals surface area contributed by atoms with Gasteiger partial charge in [-0.3, -0.25) is 19.3 Å². The fourth-order valence-electron chi connectivity index (χ4n) is 7.29. The van der Waals surface area contributed by atoms with Crippen LogP contribution in [0, 0.1) is 17.8 Å². The maximum absolute atomic E-state index is 14.1. The minimum Gasteiger partial charge on any atom is -0.465 e. The number of nitrogens with zero attached hydrogens (tertiary/aromatic N) is 2. The van der Waals surface area contributed by atoms with Gasteiger partial charge in [-0.05, 0) is 72.5 Å². The molecule has 324 valence electrons. The number of rotatable bonds is 38. The van der Waals surface area contributed by atoms with Crippen molar-refractivity contribution in [3.8, 4) is 0 Å². The molecule has 2 unspecified atom stereocenters. The van der Waals surface area contributed by atoms with Crippen molar-refractivity contribution in [2.24, 2.45) is 17.8 Å². The number of hydrogen-bond acceptors (Lipinski definition) is 7. The van der Waals surface area contributed by atoms with Gasteiger partial charge in [-0.15, -0.1) is 0 Å². The molecule has 0 radical (unpaired) electrons. The maximum atomic E-state index is 14.1. The number of ether oxygens (including phenoxy) is 2. The first-order chi connectivity index (χ1) is 26.7. The summed E-state index contributed by atoms with van der Waals surface area (Å²) in [6.45, 7) is 12.3. The van der Waals surface area contributed by atoms with Crippen LogP contribution in [0.2, 0.25) is 0 Å². The molecule has 0 rings (SSSR count). The molecule has 0 bridgehead atoms. The van der Waals surface area contributed by atoms with Gasteiger partial charge < -0.3 is 19.7 Å². The van der Waals surface area contributed by atoms with Crippen molar-refractivity contribution in [1.82, 2.24) is 15.1 Å². The fraction of sp³-hybridized carbons (Fsp3) is 0.913. The van der Waals surface area contributed by atoms with Gasteiger partial charge in [0.05, 0.1) is 25.0 Å². The molecule has 0 aromatic carbocycles. The third-order valence-corrected chi connectivity index (χ3v) is 10.9. The molecule has 1 N–H and O–H groups in total. The summed E-state index contributed by atoms with van der Waals surface area (Å²) in [5.74, 6) is -1.52. The van der Waals surface area contributed by atoms with Crippen molar-refractivity contribution in [2.75, 3.05) is 46.9 Å². The number of hydrogen-bond donors (Lipinski definition) is 1. The molecule has 55 heavy (non-hydrogen) atoms. The van der Waals surface area contributed by atoms with E-state index in [2.05, 4.69) is 33.0 Å². The highest BCUT2D eigenvalue weighted by molar-refractivity contribution is 5.95. The summed E-state index contributed by atoms with van der Waals surface area (Å²) in [4.78, 5) is 57.6. The van der Waals surface area contributed by atoms with Crippen LogP contribution in [0.4, 0.5) is 4.79 Å². The summed E-state index contributed by atoms with van der Waals surface area (Å²) in [5.41, 5.74) is 0. The van der Waals surface area contributed by atoms with Crippen LogP contribution in [0.3, 0.4) is 0 Å². The lowest BCUT2D eigenvalue weighted by molar-refractivity contribution is -0.151. The second kappa shape index (κ2) is 37.4. The van der Waals surface area contributed by atoms with Crippen molar-refractivity contribution in [3.63, 3.8) is 0 Å². The molecule has 2 atom stereocenters. The molecule has 0 saturated heterocycles. The van der Waals surface area contributed by atoms with Gasteiger partial charge in [0.15, 0.2) is 0 Å². The summed E-state index contributed by atoms with van der Waals surface area (Å²) in [6, 6.07) is -0.414. The van der Waals surface area contributed by atoms with E-state index in [0.717, 1.165) is 96.4 Å². The van der Waals surface area contributed by atoms with E-state index in [4.69, 9.17) is 9.47 Å². The van der Waals surface area contributed by atoms with Crippen LogP contribution in [0.15, 0.2) is 0 Å². The molecule has 0 fully saturated rings. The maximum Gasteiger partial charge on any atom is 0.324 e. The Morgan fingerprint density at radius 3 is 1.18 bits per heavy atom. The predicted octanol–water partition coefficient (Wildman–Crippen LogP) is 11.7. The third kappa shape index (κ3) is 28.8. The van der Waals surface area contributed by atoms with Crippen LogP contribution < -0.4 is 5.32 Å². The van der Waals surface area contributed by atoms with E-state index in [1.807, 2.05) is 25.9 Å². The highest BCUT2D eigenvalue weighted by Gasteiger charge is 2.30. The lowest BCUT2D eigenvalue weighted by Gasteiger charge is -2.27. The van der Waals surface area contributed by atoms with Crippen LogP contribution in [0.25, 0.3) is 0 Å². The molecule has 0 aromatic heterocycles. The van der Waals surface area contributed by atoms with Gasteiger partial charge in [-0.2, -0.15) is 0 Å². The first-order valence-electron chi connectivity index (χ1n) is 23.2. The van der Waals surface area contributed by atoms with Crippen LogP contribution in [0.5, 0.6) is 0 Å². The standard InChI is InChI=1S/C46H89N3O6/c1-8-13-17-21-23-27-32-41(30-25-19-15-10-3)44(51)54-38-34-40(43(50)49(46(53)47-12-5)37-29-36-48(6)7)35-39-55-45(52)42(31-26-20-16-11-4)33-28-24-22-18-14-9-2/h40-42H,8-39H2,1-7H3,(H,47,53). The Bertz CT molecular complexity index is 895. The number of amides is 3. The number of unbranched alkanes of at least 4 members (excludes halogenated alkanes) is 16. The molecule has 9 heteroatoms. The van der Waals surface area contributed by atoms with Crippen molar-refractivity contribution in [3.05, 3.63) is 0 Å². The summed E-state index contributed by atoms with van der Waals surface area (Å²) >= 11 is 0. The van der Waals surface area contributed by atoms with E-state index in [1.54, 1.807) is 0 Å². The number of nitrogens with one attached hydrogen (secondary N) is 1. The zero-order valence-electron chi connectivity index (χ0n) is 37.2. The van der Waals surface area contributed by atoms with E-state index >= 15 is 0 Å². The Morgan fingerprint density at radius 1 is 0.455 bits per heavy atom. The van der Waals surface area contributed by atoms with Crippen molar-refractivity contribution in [1.29, 1.82) is 0 Å². The minimum absolute atomic E-state index is 0.101. The van der Waals surface area contributed by atoms with Crippen molar-refractivity contribution >= 4 is 23.9 Å². The molecule has 0 aromatic rings. The Labute approximate surface area is 339 Å². The fourth-order valence-corrected chi connectivity index (χ4v) is 7.29. The van der Waals surface area contributed by atoms with Gasteiger partial charge in [-0.25, -0.2) is 4.79 Å². The topological polar surface area (TPSA) is 105 Å². The van der Waals surface area contributed by atoms with E-state index in [1.165, 1.54) is 69.1 Å². The number of imide groups is 1. The van der Waals surface area contributed by atoms with Gasteiger partial charge in [0, 0.05) is 19.0 Å². The normalized spacial score (nSPS) is 13.0. The molecule has 3 amide bonds. The van der Waals surface area contributed by atoms with E-state index in [-0.39, 0.29) is 62.3 Å². The highest BCUT2D eigenvalue weighted by atomic mass is 16.5. The summed E-state index contributed by atoms with van der Waals surface area (Å²) in [7, 11) is 3.94. The smallest absolute Gasteiger partial charge is 0.324 e. The molecule has 0 spiro atoms. The average Bonchev–Trinajstić information content (AvgIpc) is 3.16. The monoisotopic (exact) mass is 780 g/mol. The molecular formula is C46H89N3O6. The SMILES string of the molecule is CCCCCCCCC(CCCCCC)C(=O)OCCC(CCOC(=O)C(CCCCCC)CCCCCCCC)C(=O)N(CCCN(C)C)C(=O)NCC. The van der Waals surface area contributed by atoms with Crippen molar-refractivity contribution < 1.29 is 28.7 Å². The van der Waals surface area contributed by atoms with Crippen LogP contribution in [-0.4, -0.2) is 80.6 Å². The van der Waals surface area contributed by atoms with Gasteiger partial charge in [0.2, 0.25) is 5.91 Å².